The highest BCUT2D eigenvalue weighted by Crippen LogP contribution is 2.44. The van der Waals surface area contributed by atoms with E-state index >= 15 is 0 Å². The van der Waals surface area contributed by atoms with Gasteiger partial charge in [0.15, 0.2) is 0 Å². The summed E-state index contributed by atoms with van der Waals surface area (Å²) < 4.78 is 10.6. The predicted octanol–water partition coefficient (Wildman–Crippen LogP) is 2.62. The van der Waals surface area contributed by atoms with Gasteiger partial charge in [0.25, 0.3) is 0 Å². The minimum absolute atomic E-state index is 0.00425. The number of benzene rings is 2. The third-order valence-corrected chi connectivity index (χ3v) is 5.94. The average Bonchev–Trinajstić information content (AvgIpc) is 3.14. The zero-order valence-corrected chi connectivity index (χ0v) is 17.7. The average molecular weight is 438 g/mol. The van der Waals surface area contributed by atoms with E-state index in [1.807, 2.05) is 48.5 Å². The molecule has 1 aliphatic carbocycles. The van der Waals surface area contributed by atoms with Gasteiger partial charge in [-0.25, -0.2) is 9.59 Å². The quantitative estimate of drug-likeness (QED) is 0.689. The second-order valence-corrected chi connectivity index (χ2v) is 7.89. The van der Waals surface area contributed by atoms with Gasteiger partial charge >= 0.3 is 12.1 Å². The van der Waals surface area contributed by atoms with Crippen LogP contribution in [-0.2, 0) is 19.1 Å². The fourth-order valence-electron chi connectivity index (χ4n) is 4.28. The van der Waals surface area contributed by atoms with Crippen LogP contribution in [0.25, 0.3) is 11.1 Å². The number of rotatable bonds is 7. The number of morpholine rings is 1. The number of aliphatic carboxylic acids is 1. The number of alkyl carbamates (subject to hydrolysis) is 1. The molecule has 0 saturated carbocycles. The summed E-state index contributed by atoms with van der Waals surface area (Å²) in [6, 6.07) is 14.8. The Balaban J connectivity index is 1.33. The minimum atomic E-state index is -1.20. The van der Waals surface area contributed by atoms with Gasteiger partial charge in [0.05, 0.1) is 13.2 Å². The van der Waals surface area contributed by atoms with Crippen LogP contribution < -0.4 is 5.32 Å². The maximum absolute atomic E-state index is 12.4. The fraction of sp³-hybridized carbons (Fsp3) is 0.375. The lowest BCUT2D eigenvalue weighted by Gasteiger charge is -2.27. The molecule has 1 heterocycles. The zero-order valence-electron chi connectivity index (χ0n) is 17.7. The SMILES string of the molecule is O=C(NC(CCC(=O)N1CCOCC1)C(=O)O)OCC1c2ccccc2-c2ccccc21. The fourth-order valence-corrected chi connectivity index (χ4v) is 4.28. The van der Waals surface area contributed by atoms with E-state index in [2.05, 4.69) is 5.32 Å². The van der Waals surface area contributed by atoms with Crippen LogP contribution in [0.1, 0.15) is 29.9 Å². The van der Waals surface area contributed by atoms with Crippen molar-refractivity contribution in [3.63, 3.8) is 0 Å². The van der Waals surface area contributed by atoms with Crippen LogP contribution in [-0.4, -0.2) is 66.9 Å². The monoisotopic (exact) mass is 438 g/mol. The second-order valence-electron chi connectivity index (χ2n) is 7.89. The lowest BCUT2D eigenvalue weighted by molar-refractivity contribution is -0.140. The minimum Gasteiger partial charge on any atom is -0.480 e. The molecule has 1 unspecified atom stereocenters. The predicted molar refractivity (Wildman–Crippen MR) is 116 cm³/mol. The Bertz CT molecular complexity index is 956. The molecule has 2 aromatic rings. The number of nitrogens with zero attached hydrogens (tertiary/aromatic N) is 1. The number of carboxylic acid groups (broad SMARTS) is 1. The molecule has 8 nitrogen and oxygen atoms in total. The van der Waals surface area contributed by atoms with Crippen LogP contribution in [0.15, 0.2) is 48.5 Å². The summed E-state index contributed by atoms with van der Waals surface area (Å²) in [5.41, 5.74) is 4.38. The maximum atomic E-state index is 12.4. The Morgan fingerprint density at radius 1 is 1.03 bits per heavy atom. The van der Waals surface area contributed by atoms with Gasteiger partial charge in [0, 0.05) is 25.4 Å². The molecule has 8 heteroatoms. The number of carbonyl (C=O) groups excluding carboxylic acids is 2. The molecule has 0 bridgehead atoms. The van der Waals surface area contributed by atoms with Gasteiger partial charge in [-0.1, -0.05) is 48.5 Å². The van der Waals surface area contributed by atoms with Crippen molar-refractivity contribution in [3.05, 3.63) is 59.7 Å². The Kier molecular flexibility index (Phi) is 6.70. The van der Waals surface area contributed by atoms with E-state index in [9.17, 15) is 19.5 Å². The van der Waals surface area contributed by atoms with E-state index < -0.39 is 18.1 Å². The van der Waals surface area contributed by atoms with Crippen molar-refractivity contribution >= 4 is 18.0 Å². The summed E-state index contributed by atoms with van der Waals surface area (Å²) in [7, 11) is 0. The number of carbonyl (C=O) groups is 3. The highest BCUT2D eigenvalue weighted by atomic mass is 16.5. The normalized spacial score (nSPS) is 16.1. The van der Waals surface area contributed by atoms with E-state index in [0.29, 0.717) is 26.3 Å². The number of fused-ring (bicyclic) bond motifs is 3. The molecular weight excluding hydrogens is 412 g/mol. The van der Waals surface area contributed by atoms with Crippen molar-refractivity contribution in [2.24, 2.45) is 0 Å². The number of nitrogens with one attached hydrogen (secondary N) is 1. The van der Waals surface area contributed by atoms with Crippen molar-refractivity contribution < 1.29 is 29.0 Å². The molecule has 0 spiro atoms. The van der Waals surface area contributed by atoms with Crippen molar-refractivity contribution in [1.82, 2.24) is 10.2 Å². The first kappa shape index (κ1) is 21.8. The van der Waals surface area contributed by atoms with Gasteiger partial charge in [-0.15, -0.1) is 0 Å². The van der Waals surface area contributed by atoms with Crippen LogP contribution in [0.3, 0.4) is 0 Å². The van der Waals surface area contributed by atoms with Crippen LogP contribution in [0.4, 0.5) is 4.79 Å². The highest BCUT2D eigenvalue weighted by Gasteiger charge is 2.30. The van der Waals surface area contributed by atoms with Crippen molar-refractivity contribution in [1.29, 1.82) is 0 Å². The molecule has 32 heavy (non-hydrogen) atoms. The highest BCUT2D eigenvalue weighted by molar-refractivity contribution is 5.82. The maximum Gasteiger partial charge on any atom is 0.407 e. The molecule has 1 atom stereocenters. The standard InChI is InChI=1S/C24H26N2O6/c27-22(26-11-13-31-14-12-26)10-9-21(23(28)29)25-24(30)32-15-20-18-7-3-1-5-16(18)17-6-2-4-8-19(17)20/h1-8,20-21H,9-15H2,(H,25,30)(H,28,29). The molecule has 4 rings (SSSR count). The topological polar surface area (TPSA) is 105 Å². The molecule has 2 N–H and O–H groups in total. The second kappa shape index (κ2) is 9.82. The summed E-state index contributed by atoms with van der Waals surface area (Å²) in [4.78, 5) is 37.9. The van der Waals surface area contributed by atoms with E-state index in [1.54, 1.807) is 4.90 Å². The number of hydrogen-bond donors (Lipinski definition) is 2. The summed E-state index contributed by atoms with van der Waals surface area (Å²) in [5, 5.41) is 11.9. The molecule has 2 aliphatic rings. The van der Waals surface area contributed by atoms with E-state index in [-0.39, 0.29) is 31.3 Å². The Morgan fingerprint density at radius 3 is 2.22 bits per heavy atom. The van der Waals surface area contributed by atoms with E-state index in [1.165, 1.54) is 0 Å². The molecule has 1 fully saturated rings. The smallest absolute Gasteiger partial charge is 0.407 e. The van der Waals surface area contributed by atoms with Crippen molar-refractivity contribution in [2.75, 3.05) is 32.9 Å². The van der Waals surface area contributed by atoms with Gasteiger partial charge in [-0.2, -0.15) is 0 Å². The summed E-state index contributed by atoms with van der Waals surface area (Å²) >= 11 is 0. The summed E-state index contributed by atoms with van der Waals surface area (Å²) in [6.07, 6.45) is -0.783. The summed E-state index contributed by atoms with van der Waals surface area (Å²) in [6.45, 7) is 2.05. The molecular formula is C24H26N2O6. The van der Waals surface area contributed by atoms with Crippen LogP contribution in [0.5, 0.6) is 0 Å². The lowest BCUT2D eigenvalue weighted by atomic mass is 9.98. The third kappa shape index (κ3) is 4.75. The molecule has 0 aromatic heterocycles. The third-order valence-electron chi connectivity index (χ3n) is 5.94. The Hall–Kier alpha value is -3.39. The first-order valence-electron chi connectivity index (χ1n) is 10.7. The Labute approximate surface area is 186 Å². The Morgan fingerprint density at radius 2 is 1.62 bits per heavy atom. The van der Waals surface area contributed by atoms with Gasteiger partial charge < -0.3 is 24.8 Å². The molecule has 0 radical (unpaired) electrons. The number of ether oxygens (including phenoxy) is 2. The zero-order chi connectivity index (χ0) is 22.5. The number of carboxylic acids is 1. The number of hydrogen-bond acceptors (Lipinski definition) is 5. The van der Waals surface area contributed by atoms with Gasteiger partial charge in [-0.05, 0) is 28.7 Å². The van der Waals surface area contributed by atoms with Gasteiger partial charge in [-0.3, -0.25) is 4.79 Å². The first-order chi connectivity index (χ1) is 15.5. The van der Waals surface area contributed by atoms with Crippen LogP contribution >= 0.6 is 0 Å². The van der Waals surface area contributed by atoms with Crippen molar-refractivity contribution in [2.45, 2.75) is 24.8 Å². The molecule has 1 saturated heterocycles. The molecule has 2 amide bonds. The van der Waals surface area contributed by atoms with Gasteiger partial charge in [0.1, 0.15) is 12.6 Å². The lowest BCUT2D eigenvalue weighted by Crippen LogP contribution is -2.44. The molecule has 1 aliphatic heterocycles. The van der Waals surface area contributed by atoms with Crippen LogP contribution in [0.2, 0.25) is 0 Å². The molecule has 168 valence electrons. The summed E-state index contributed by atoms with van der Waals surface area (Å²) in [5.74, 6) is -1.46. The van der Waals surface area contributed by atoms with Gasteiger partial charge in [0.2, 0.25) is 5.91 Å². The van der Waals surface area contributed by atoms with Crippen molar-refractivity contribution in [3.8, 4) is 11.1 Å². The molecule has 2 aromatic carbocycles. The largest absolute Gasteiger partial charge is 0.480 e. The van der Waals surface area contributed by atoms with E-state index in [4.69, 9.17) is 9.47 Å². The first-order valence-corrected chi connectivity index (χ1v) is 10.7. The number of amides is 2. The van der Waals surface area contributed by atoms with Crippen LogP contribution in [0, 0.1) is 0 Å². The van der Waals surface area contributed by atoms with E-state index in [0.717, 1.165) is 22.3 Å².